The Morgan fingerprint density at radius 2 is 2.33 bits per heavy atom. The van der Waals surface area contributed by atoms with Crippen molar-refractivity contribution in [3.05, 3.63) is 53.4 Å². The number of hydrogen-bond acceptors (Lipinski definition) is 5. The zero-order chi connectivity index (χ0) is 14.9. The van der Waals surface area contributed by atoms with Crippen molar-refractivity contribution in [2.45, 2.75) is 12.5 Å². The highest BCUT2D eigenvalue weighted by molar-refractivity contribution is 7.16. The average molecular weight is 302 g/mol. The number of hydrogen-bond donors (Lipinski definition) is 2. The molecule has 0 spiro atoms. The summed E-state index contributed by atoms with van der Waals surface area (Å²) in [4.78, 5) is 16.3. The van der Waals surface area contributed by atoms with Crippen LogP contribution >= 0.6 is 11.3 Å². The van der Waals surface area contributed by atoms with Crippen molar-refractivity contribution >= 4 is 27.5 Å². The molecule has 0 aliphatic rings. The van der Waals surface area contributed by atoms with Gasteiger partial charge in [-0.25, -0.2) is 4.98 Å². The molecule has 2 N–H and O–H groups in total. The van der Waals surface area contributed by atoms with Crippen LogP contribution in [0.1, 0.15) is 23.0 Å². The Kier molecular flexibility index (Phi) is 3.48. The molecule has 0 bridgehead atoms. The van der Waals surface area contributed by atoms with Crippen molar-refractivity contribution in [2.24, 2.45) is 0 Å². The minimum atomic E-state index is -1.24. The quantitative estimate of drug-likeness (QED) is 0.776. The molecule has 3 rings (SSSR count). The Labute approximate surface area is 125 Å². The summed E-state index contributed by atoms with van der Waals surface area (Å²) in [7, 11) is 0. The molecule has 0 saturated heterocycles. The van der Waals surface area contributed by atoms with Crippen LogP contribution in [-0.2, 0) is 5.60 Å². The number of carbonyl (C=O) groups is 1. The molecule has 108 valence electrons. The molecule has 0 aliphatic heterocycles. The molecule has 3 aromatic rings. The fourth-order valence-corrected chi connectivity index (χ4v) is 2.74. The van der Waals surface area contributed by atoms with Crippen LogP contribution in [0, 0.1) is 0 Å². The van der Waals surface area contributed by atoms with Crippen LogP contribution in [-0.4, -0.2) is 22.5 Å². The lowest BCUT2D eigenvalue weighted by atomic mass is 10.0. The minimum Gasteiger partial charge on any atom is -0.466 e. The van der Waals surface area contributed by atoms with E-state index in [1.54, 1.807) is 36.7 Å². The number of fused-ring (bicyclic) bond motifs is 1. The van der Waals surface area contributed by atoms with Crippen LogP contribution in [0.2, 0.25) is 0 Å². The van der Waals surface area contributed by atoms with E-state index in [1.807, 2.05) is 6.07 Å². The predicted octanol–water partition coefficient (Wildman–Crippen LogP) is 2.53. The molecular formula is C15H14N2O3S. The predicted molar refractivity (Wildman–Crippen MR) is 80.2 cm³/mol. The summed E-state index contributed by atoms with van der Waals surface area (Å²) in [6.45, 7) is 1.67. The summed E-state index contributed by atoms with van der Waals surface area (Å²) in [5.41, 5.74) is 1.92. The van der Waals surface area contributed by atoms with Gasteiger partial charge in [-0.2, -0.15) is 0 Å². The van der Waals surface area contributed by atoms with Gasteiger partial charge in [0.1, 0.15) is 11.4 Å². The maximum atomic E-state index is 12.2. The van der Waals surface area contributed by atoms with Crippen molar-refractivity contribution in [3.63, 3.8) is 0 Å². The van der Waals surface area contributed by atoms with Crippen molar-refractivity contribution in [1.82, 2.24) is 10.3 Å². The number of aliphatic hydroxyl groups is 1. The average Bonchev–Trinajstić information content (AvgIpc) is 3.14. The van der Waals surface area contributed by atoms with E-state index < -0.39 is 5.60 Å². The molecular weight excluding hydrogens is 288 g/mol. The third kappa shape index (κ3) is 2.81. The molecule has 0 aliphatic carbocycles. The smallest absolute Gasteiger partial charge is 0.251 e. The van der Waals surface area contributed by atoms with Gasteiger partial charge in [-0.15, -0.1) is 11.3 Å². The minimum absolute atomic E-state index is 0.0695. The maximum absolute atomic E-state index is 12.2. The Hall–Kier alpha value is -2.18. The van der Waals surface area contributed by atoms with Crippen molar-refractivity contribution in [2.75, 3.05) is 6.54 Å². The van der Waals surface area contributed by atoms with E-state index >= 15 is 0 Å². The number of nitrogens with one attached hydrogen (secondary N) is 1. The second-order valence-corrected chi connectivity index (χ2v) is 5.86. The Morgan fingerprint density at radius 1 is 1.48 bits per heavy atom. The summed E-state index contributed by atoms with van der Waals surface area (Å²) in [6, 6.07) is 8.70. The number of rotatable bonds is 4. The molecule has 1 amide bonds. The molecule has 0 saturated carbocycles. The SMILES string of the molecule is C[C@](O)(CNC(=O)c1ccc2ncsc2c1)c1ccco1. The fourth-order valence-electron chi connectivity index (χ4n) is 2.02. The van der Waals surface area contributed by atoms with Gasteiger partial charge in [0.15, 0.2) is 0 Å². The largest absolute Gasteiger partial charge is 0.466 e. The molecule has 21 heavy (non-hydrogen) atoms. The molecule has 1 atom stereocenters. The van der Waals surface area contributed by atoms with Crippen molar-refractivity contribution in [3.8, 4) is 0 Å². The summed E-state index contributed by atoms with van der Waals surface area (Å²) in [5.74, 6) is 0.179. The highest BCUT2D eigenvalue weighted by Crippen LogP contribution is 2.21. The first-order chi connectivity index (χ1) is 10.1. The molecule has 2 aromatic heterocycles. The topological polar surface area (TPSA) is 75.4 Å². The number of thiazole rings is 1. The van der Waals surface area contributed by atoms with E-state index in [-0.39, 0.29) is 12.5 Å². The zero-order valence-electron chi connectivity index (χ0n) is 11.4. The molecule has 0 fully saturated rings. The van der Waals surface area contributed by atoms with E-state index in [0.717, 1.165) is 10.2 Å². The molecule has 2 heterocycles. The van der Waals surface area contributed by atoms with Crippen LogP contribution in [0.25, 0.3) is 10.2 Å². The Balaban J connectivity index is 1.71. The number of aromatic nitrogens is 1. The van der Waals surface area contributed by atoms with Gasteiger partial charge in [0.25, 0.3) is 5.91 Å². The summed E-state index contributed by atoms with van der Waals surface area (Å²) in [6.07, 6.45) is 1.49. The van der Waals surface area contributed by atoms with Crippen molar-refractivity contribution in [1.29, 1.82) is 0 Å². The van der Waals surface area contributed by atoms with Gasteiger partial charge >= 0.3 is 0 Å². The van der Waals surface area contributed by atoms with E-state index in [2.05, 4.69) is 10.3 Å². The van der Waals surface area contributed by atoms with Gasteiger partial charge in [0.05, 0.1) is 28.5 Å². The van der Waals surface area contributed by atoms with Gasteiger partial charge in [0, 0.05) is 5.56 Å². The monoisotopic (exact) mass is 302 g/mol. The first-order valence-electron chi connectivity index (χ1n) is 6.44. The maximum Gasteiger partial charge on any atom is 0.251 e. The number of carbonyl (C=O) groups excluding carboxylic acids is 1. The van der Waals surface area contributed by atoms with Gasteiger partial charge in [-0.3, -0.25) is 4.79 Å². The number of benzene rings is 1. The third-order valence-electron chi connectivity index (χ3n) is 3.24. The fraction of sp³-hybridized carbons (Fsp3) is 0.200. The number of furan rings is 1. The first kappa shape index (κ1) is 13.8. The third-order valence-corrected chi connectivity index (χ3v) is 4.03. The lowest BCUT2D eigenvalue weighted by Gasteiger charge is -2.21. The van der Waals surface area contributed by atoms with Crippen LogP contribution < -0.4 is 5.32 Å². The van der Waals surface area contributed by atoms with E-state index in [0.29, 0.717) is 11.3 Å². The molecule has 6 heteroatoms. The normalized spacial score (nSPS) is 14.0. The van der Waals surface area contributed by atoms with Crippen LogP contribution in [0.4, 0.5) is 0 Å². The second-order valence-electron chi connectivity index (χ2n) is 4.97. The van der Waals surface area contributed by atoms with Crippen LogP contribution in [0.15, 0.2) is 46.5 Å². The van der Waals surface area contributed by atoms with Gasteiger partial charge < -0.3 is 14.8 Å². The van der Waals surface area contributed by atoms with Crippen LogP contribution in [0.3, 0.4) is 0 Å². The van der Waals surface area contributed by atoms with Gasteiger partial charge in [-0.05, 0) is 37.3 Å². The Bertz CT molecular complexity index is 762. The van der Waals surface area contributed by atoms with Gasteiger partial charge in [-0.1, -0.05) is 0 Å². The van der Waals surface area contributed by atoms with Gasteiger partial charge in [0.2, 0.25) is 0 Å². The molecule has 0 radical (unpaired) electrons. The first-order valence-corrected chi connectivity index (χ1v) is 7.32. The standard InChI is InChI=1S/C15H14N2O3S/c1-15(19,13-3-2-6-20-13)8-16-14(18)10-4-5-11-12(7-10)21-9-17-11/h2-7,9,19H,8H2,1H3,(H,16,18)/t15-/m0/s1. The lowest BCUT2D eigenvalue weighted by Crippen LogP contribution is -2.38. The van der Waals surface area contributed by atoms with E-state index in [1.165, 1.54) is 17.6 Å². The van der Waals surface area contributed by atoms with E-state index in [4.69, 9.17) is 4.42 Å². The summed E-state index contributed by atoms with van der Waals surface area (Å²) in [5, 5.41) is 13.0. The van der Waals surface area contributed by atoms with Crippen molar-refractivity contribution < 1.29 is 14.3 Å². The van der Waals surface area contributed by atoms with Crippen LogP contribution in [0.5, 0.6) is 0 Å². The molecule has 5 nitrogen and oxygen atoms in total. The Morgan fingerprint density at radius 3 is 3.10 bits per heavy atom. The highest BCUT2D eigenvalue weighted by atomic mass is 32.1. The highest BCUT2D eigenvalue weighted by Gasteiger charge is 2.27. The summed E-state index contributed by atoms with van der Waals surface area (Å²) < 4.78 is 6.13. The van der Waals surface area contributed by atoms with E-state index in [9.17, 15) is 9.90 Å². The number of nitrogens with zero attached hydrogens (tertiary/aromatic N) is 1. The number of amides is 1. The second kappa shape index (κ2) is 5.31. The molecule has 1 aromatic carbocycles. The molecule has 0 unspecified atom stereocenters. The zero-order valence-corrected chi connectivity index (χ0v) is 12.2. The lowest BCUT2D eigenvalue weighted by molar-refractivity contribution is 0.0330. The summed E-state index contributed by atoms with van der Waals surface area (Å²) >= 11 is 1.49.